The molecular weight excluding hydrogens is 510 g/mol. The molecule has 0 aliphatic rings. The summed E-state index contributed by atoms with van der Waals surface area (Å²) in [5, 5.41) is 4.27. The van der Waals surface area contributed by atoms with E-state index in [0.717, 1.165) is 0 Å². The van der Waals surface area contributed by atoms with E-state index >= 15 is 0 Å². The molecule has 0 bridgehead atoms. The molecule has 0 N–H and O–H groups in total. The molecule has 200 valence electrons. The zero-order chi connectivity index (χ0) is 28.4. The van der Waals surface area contributed by atoms with E-state index in [1.165, 1.54) is 49.0 Å². The van der Waals surface area contributed by atoms with Gasteiger partial charge in [0.05, 0.1) is 0 Å². The quantitative estimate of drug-likeness (QED) is 0.164. The lowest BCUT2D eigenvalue weighted by molar-refractivity contribution is 1.48. The summed E-state index contributed by atoms with van der Waals surface area (Å²) in [6.07, 6.45) is 0. The predicted molar refractivity (Wildman–Crippen MR) is 183 cm³/mol. The van der Waals surface area contributed by atoms with Crippen molar-refractivity contribution in [3.63, 3.8) is 0 Å². The second-order valence-electron chi connectivity index (χ2n) is 10.5. The fourth-order valence-electron chi connectivity index (χ4n) is 5.26. The topological polar surface area (TPSA) is 0 Å². The van der Waals surface area contributed by atoms with Crippen molar-refractivity contribution in [3.8, 4) is 0 Å². The van der Waals surface area contributed by atoms with Crippen LogP contribution in [0.5, 0.6) is 0 Å². The van der Waals surface area contributed by atoms with Gasteiger partial charge < -0.3 is 0 Å². The molecule has 0 unspecified atom stereocenters. The van der Waals surface area contributed by atoms with Crippen LogP contribution in [0.1, 0.15) is 16.7 Å². The molecule has 6 rings (SSSR count). The Morgan fingerprint density at radius 3 is 0.902 bits per heavy atom. The lowest BCUT2D eigenvalue weighted by Gasteiger charge is -2.20. The minimum Gasteiger partial charge on any atom is -0.0687 e. The van der Waals surface area contributed by atoms with Crippen LogP contribution in [0.4, 0.5) is 0 Å². The molecule has 2 heteroatoms. The third-order valence-electron chi connectivity index (χ3n) is 7.18. The van der Waals surface area contributed by atoms with Gasteiger partial charge >= 0.3 is 0 Å². The van der Waals surface area contributed by atoms with Crippen LogP contribution in [-0.2, 0) is 0 Å². The first-order valence-electron chi connectivity index (χ1n) is 14.2. The first-order valence-corrected chi connectivity index (χ1v) is 15.6. The summed E-state index contributed by atoms with van der Waals surface area (Å²) in [7, 11) is -0.495. The van der Waals surface area contributed by atoms with E-state index in [0.29, 0.717) is 6.71 Å². The molecule has 0 aliphatic carbocycles. The first-order chi connectivity index (χ1) is 20.1. The fraction of sp³-hybridized carbons (Fsp3) is 0.0769. The third kappa shape index (κ3) is 7.52. The molecule has 0 radical (unpaired) electrons. The predicted octanol–water partition coefficient (Wildman–Crippen LogP) is 6.57. The van der Waals surface area contributed by atoms with E-state index < -0.39 is 7.92 Å². The Morgan fingerprint density at radius 2 is 0.634 bits per heavy atom. The van der Waals surface area contributed by atoms with E-state index in [2.05, 4.69) is 185 Å². The Labute approximate surface area is 247 Å². The molecule has 0 aromatic heterocycles. The van der Waals surface area contributed by atoms with Gasteiger partial charge in [0.2, 0.25) is 6.71 Å². The molecule has 0 nitrogen and oxygen atoms in total. The lowest BCUT2D eigenvalue weighted by atomic mass is 9.37. The van der Waals surface area contributed by atoms with Crippen LogP contribution in [0.15, 0.2) is 164 Å². The zero-order valence-electron chi connectivity index (χ0n) is 24.1. The molecule has 0 saturated carbocycles. The Kier molecular flexibility index (Phi) is 9.63. The highest BCUT2D eigenvalue weighted by Gasteiger charge is 2.20. The molecular formula is C39H36BP. The molecule has 0 amide bonds. The van der Waals surface area contributed by atoms with E-state index in [9.17, 15) is 0 Å². The van der Waals surface area contributed by atoms with Gasteiger partial charge in [-0.05, 0) is 44.6 Å². The maximum Gasteiger partial charge on any atom is 0.241 e. The van der Waals surface area contributed by atoms with Crippen molar-refractivity contribution >= 4 is 46.9 Å². The average Bonchev–Trinajstić information content (AvgIpc) is 3.00. The van der Waals surface area contributed by atoms with Crippen molar-refractivity contribution in [2.24, 2.45) is 0 Å². The Hall–Kier alpha value is -4.19. The smallest absolute Gasteiger partial charge is 0.0687 e. The second kappa shape index (κ2) is 13.9. The normalized spacial score (nSPS) is 10.5. The minimum absolute atomic E-state index is 0.309. The van der Waals surface area contributed by atoms with Crippen molar-refractivity contribution in [1.29, 1.82) is 0 Å². The van der Waals surface area contributed by atoms with E-state index in [4.69, 9.17) is 0 Å². The van der Waals surface area contributed by atoms with Crippen molar-refractivity contribution in [3.05, 3.63) is 180 Å². The van der Waals surface area contributed by atoms with Crippen molar-refractivity contribution in [1.82, 2.24) is 0 Å². The van der Waals surface area contributed by atoms with Crippen molar-refractivity contribution < 1.29 is 0 Å². The summed E-state index contributed by atoms with van der Waals surface area (Å²) < 4.78 is 0. The van der Waals surface area contributed by atoms with Gasteiger partial charge in [0, 0.05) is 0 Å². The molecule has 41 heavy (non-hydrogen) atoms. The van der Waals surface area contributed by atoms with Gasteiger partial charge in [-0.25, -0.2) is 0 Å². The third-order valence-corrected chi connectivity index (χ3v) is 9.56. The fourth-order valence-corrected chi connectivity index (χ4v) is 7.86. The summed E-state index contributed by atoms with van der Waals surface area (Å²) >= 11 is 0. The monoisotopic (exact) mass is 546 g/mol. The van der Waals surface area contributed by atoms with Crippen LogP contribution in [0.3, 0.4) is 0 Å². The Morgan fingerprint density at radius 1 is 0.341 bits per heavy atom. The van der Waals surface area contributed by atoms with E-state index in [-0.39, 0.29) is 0 Å². The van der Waals surface area contributed by atoms with E-state index in [1.54, 1.807) is 0 Å². The van der Waals surface area contributed by atoms with Gasteiger partial charge in [-0.3, -0.25) is 0 Å². The summed E-state index contributed by atoms with van der Waals surface area (Å²) in [6, 6.07) is 58.8. The zero-order valence-corrected chi connectivity index (χ0v) is 25.0. The van der Waals surface area contributed by atoms with Gasteiger partial charge in [0.1, 0.15) is 0 Å². The molecule has 0 fully saturated rings. The van der Waals surface area contributed by atoms with E-state index in [1.807, 2.05) is 0 Å². The maximum absolute atomic E-state index is 2.33. The molecule has 0 heterocycles. The van der Waals surface area contributed by atoms with Gasteiger partial charge in [-0.2, -0.15) is 0 Å². The molecule has 0 atom stereocenters. The molecule has 0 aliphatic heterocycles. The van der Waals surface area contributed by atoms with Crippen LogP contribution in [-0.4, -0.2) is 6.71 Å². The van der Waals surface area contributed by atoms with Crippen LogP contribution >= 0.6 is 7.92 Å². The van der Waals surface area contributed by atoms with Crippen LogP contribution in [0.2, 0.25) is 0 Å². The second-order valence-corrected chi connectivity index (χ2v) is 12.7. The summed E-state index contributed by atoms with van der Waals surface area (Å²) in [5.41, 5.74) is 7.97. The van der Waals surface area contributed by atoms with Crippen molar-refractivity contribution in [2.45, 2.75) is 20.8 Å². The van der Waals surface area contributed by atoms with Gasteiger partial charge in [-0.1, -0.05) is 197 Å². The molecule has 0 spiro atoms. The van der Waals surface area contributed by atoms with Crippen LogP contribution < -0.4 is 32.3 Å². The standard InChI is InChI=1S/C21H21P.C18H15B/c1-16-7-4-10-19(13-16)22(20-11-5-8-17(2)14-20)21-12-6-9-18(3)15-21;1-4-10-16(11-5-1)19(17-12-6-2-7-13-17)18-14-8-3-9-15-18/h4-15H,1-3H3;1-15H. The number of hydrogen-bond donors (Lipinski definition) is 0. The highest BCUT2D eigenvalue weighted by molar-refractivity contribution is 7.79. The molecule has 6 aromatic rings. The maximum atomic E-state index is 2.33. The number of rotatable bonds is 6. The van der Waals surface area contributed by atoms with Crippen LogP contribution in [0.25, 0.3) is 0 Å². The SMILES string of the molecule is Cc1cccc(P(c2cccc(C)c2)c2cccc(C)c2)c1.c1ccc(B(c2ccccc2)c2ccccc2)cc1. The van der Waals surface area contributed by atoms with Gasteiger partial charge in [0.15, 0.2) is 0 Å². The largest absolute Gasteiger partial charge is 0.241 e. The molecule has 0 saturated heterocycles. The number of aryl methyl sites for hydroxylation is 3. The lowest BCUT2D eigenvalue weighted by Crippen LogP contribution is -2.51. The average molecular weight is 547 g/mol. The summed E-state index contributed by atoms with van der Waals surface area (Å²) in [6.45, 7) is 6.82. The van der Waals surface area contributed by atoms with Crippen molar-refractivity contribution in [2.75, 3.05) is 0 Å². The first kappa shape index (κ1) is 28.3. The van der Waals surface area contributed by atoms with Gasteiger partial charge in [-0.15, -0.1) is 0 Å². The molecule has 6 aromatic carbocycles. The summed E-state index contributed by atoms with van der Waals surface area (Å²) in [5.74, 6) is 0. The van der Waals surface area contributed by atoms with Crippen LogP contribution in [0, 0.1) is 20.8 Å². The highest BCUT2D eigenvalue weighted by atomic mass is 31.1. The Balaban J connectivity index is 0.000000166. The minimum atomic E-state index is -0.495. The highest BCUT2D eigenvalue weighted by Crippen LogP contribution is 2.33. The summed E-state index contributed by atoms with van der Waals surface area (Å²) in [4.78, 5) is 0. The van der Waals surface area contributed by atoms with Gasteiger partial charge in [0.25, 0.3) is 0 Å². The number of benzene rings is 6. The Bertz CT molecular complexity index is 1460. The number of hydrogen-bond acceptors (Lipinski definition) is 0.